The molecule has 1 aromatic rings. The number of carbonyl (C=O) groups is 2. The number of nitrogens with zero attached hydrogens (tertiary/aromatic N) is 3. The normalized spacial score (nSPS) is 39.5. The number of ether oxygens (including phenoxy) is 2. The van der Waals surface area contributed by atoms with Crippen molar-refractivity contribution in [3.05, 3.63) is 23.8 Å². The van der Waals surface area contributed by atoms with Gasteiger partial charge in [0, 0.05) is 19.9 Å². The highest BCUT2D eigenvalue weighted by atomic mass is 16.7. The zero-order valence-corrected chi connectivity index (χ0v) is 14.9. The summed E-state index contributed by atoms with van der Waals surface area (Å²) < 4.78 is 10.8. The zero-order chi connectivity index (χ0) is 18.5. The van der Waals surface area contributed by atoms with Crippen molar-refractivity contribution in [2.24, 2.45) is 5.41 Å². The van der Waals surface area contributed by atoms with E-state index in [-0.39, 0.29) is 18.6 Å². The van der Waals surface area contributed by atoms with E-state index in [0.717, 1.165) is 5.56 Å². The van der Waals surface area contributed by atoms with Gasteiger partial charge in [-0.25, -0.2) is 0 Å². The molecule has 134 valence electrons. The lowest BCUT2D eigenvalue weighted by Crippen LogP contribution is -2.60. The Morgan fingerprint density at radius 3 is 2.62 bits per heavy atom. The standard InChI is InChI=1S/C19H19N3O4/c1-17(9-20)7-19-8-18(2,21(3)16(19)24)15(23)22(19)14(17)11-4-5-12-13(6-11)26-10-25-12/h4-6,14H,7-8,10H2,1-3H3/t14?,17-,18-,19+/m1/s1. The van der Waals surface area contributed by atoms with Crippen LogP contribution in [0.1, 0.15) is 38.3 Å². The lowest BCUT2D eigenvalue weighted by atomic mass is 9.75. The molecule has 3 saturated heterocycles. The van der Waals surface area contributed by atoms with Gasteiger partial charge in [0.2, 0.25) is 18.6 Å². The Balaban J connectivity index is 1.69. The molecule has 0 N–H and O–H groups in total. The van der Waals surface area contributed by atoms with Gasteiger partial charge in [-0.3, -0.25) is 9.59 Å². The fourth-order valence-corrected chi connectivity index (χ4v) is 5.44. The highest BCUT2D eigenvalue weighted by molar-refractivity contribution is 6.08. The van der Waals surface area contributed by atoms with E-state index in [4.69, 9.17) is 9.47 Å². The van der Waals surface area contributed by atoms with Crippen LogP contribution in [0.5, 0.6) is 11.5 Å². The van der Waals surface area contributed by atoms with E-state index in [1.807, 2.05) is 26.0 Å². The van der Waals surface area contributed by atoms with Crippen molar-refractivity contribution < 1.29 is 19.1 Å². The number of hydrogen-bond donors (Lipinski definition) is 0. The van der Waals surface area contributed by atoms with Crippen LogP contribution in [0.2, 0.25) is 0 Å². The van der Waals surface area contributed by atoms with Crippen LogP contribution in [0.15, 0.2) is 18.2 Å². The van der Waals surface area contributed by atoms with Gasteiger partial charge in [-0.15, -0.1) is 0 Å². The van der Waals surface area contributed by atoms with Crippen LogP contribution in [0.25, 0.3) is 0 Å². The van der Waals surface area contributed by atoms with Gasteiger partial charge in [0.25, 0.3) is 0 Å². The number of amides is 2. The number of likely N-dealkylation sites (tertiary alicyclic amines) is 1. The fraction of sp³-hybridized carbons (Fsp3) is 0.526. The fourth-order valence-electron chi connectivity index (χ4n) is 5.44. The van der Waals surface area contributed by atoms with Gasteiger partial charge in [-0.2, -0.15) is 5.26 Å². The minimum atomic E-state index is -0.925. The first kappa shape index (κ1) is 15.5. The van der Waals surface area contributed by atoms with Gasteiger partial charge in [-0.05, 0) is 31.5 Å². The summed E-state index contributed by atoms with van der Waals surface area (Å²) in [6, 6.07) is 7.40. The molecule has 4 heterocycles. The Morgan fingerprint density at radius 2 is 1.88 bits per heavy atom. The summed E-state index contributed by atoms with van der Waals surface area (Å²) in [5, 5.41) is 9.96. The predicted molar refractivity (Wildman–Crippen MR) is 89.0 cm³/mol. The van der Waals surface area contributed by atoms with E-state index in [2.05, 4.69) is 6.07 Å². The molecular formula is C19H19N3O4. The molecule has 1 unspecified atom stereocenters. The second-order valence-corrected chi connectivity index (χ2v) is 8.24. The molecule has 0 aromatic heterocycles. The minimum absolute atomic E-state index is 0.0654. The van der Waals surface area contributed by atoms with Gasteiger partial charge in [0.1, 0.15) is 11.1 Å². The molecule has 5 rings (SSSR count). The molecule has 7 nitrogen and oxygen atoms in total. The van der Waals surface area contributed by atoms with Gasteiger partial charge < -0.3 is 19.3 Å². The van der Waals surface area contributed by atoms with Crippen molar-refractivity contribution in [3.63, 3.8) is 0 Å². The van der Waals surface area contributed by atoms with Crippen LogP contribution < -0.4 is 9.47 Å². The Bertz CT molecular complexity index is 924. The van der Waals surface area contributed by atoms with E-state index in [1.165, 1.54) is 0 Å². The van der Waals surface area contributed by atoms with Crippen LogP contribution >= 0.6 is 0 Å². The molecular weight excluding hydrogens is 334 g/mol. The number of rotatable bonds is 1. The number of carbonyl (C=O) groups excluding carboxylic acids is 2. The number of piperazine rings is 1. The van der Waals surface area contributed by atoms with Crippen LogP contribution in [0.4, 0.5) is 0 Å². The van der Waals surface area contributed by atoms with Crippen LogP contribution in [0.3, 0.4) is 0 Å². The zero-order valence-electron chi connectivity index (χ0n) is 14.9. The summed E-state index contributed by atoms with van der Waals surface area (Å²) in [5.41, 5.74) is -1.81. The molecule has 1 aromatic carbocycles. The van der Waals surface area contributed by atoms with Crippen molar-refractivity contribution >= 4 is 11.8 Å². The molecule has 7 heteroatoms. The third-order valence-corrected chi connectivity index (χ3v) is 6.71. The maximum atomic E-state index is 13.3. The molecule has 4 atom stereocenters. The first-order valence-electron chi connectivity index (χ1n) is 8.70. The highest BCUT2D eigenvalue weighted by Crippen LogP contribution is 2.64. The average Bonchev–Trinajstić information content (AvgIpc) is 3.28. The quantitative estimate of drug-likeness (QED) is 0.766. The van der Waals surface area contributed by atoms with Crippen LogP contribution in [0, 0.1) is 16.7 Å². The number of likely N-dealkylation sites (N-methyl/N-ethyl adjacent to an activating group) is 1. The number of hydrogen-bond acceptors (Lipinski definition) is 5. The minimum Gasteiger partial charge on any atom is -0.454 e. The largest absolute Gasteiger partial charge is 0.454 e. The van der Waals surface area contributed by atoms with Crippen molar-refractivity contribution in [1.82, 2.24) is 9.80 Å². The maximum Gasteiger partial charge on any atom is 0.249 e. The molecule has 0 radical (unpaired) electrons. The topological polar surface area (TPSA) is 82.9 Å². The van der Waals surface area contributed by atoms with Gasteiger partial charge in [0.15, 0.2) is 11.5 Å². The molecule has 2 bridgehead atoms. The summed E-state index contributed by atoms with van der Waals surface area (Å²) in [5.74, 6) is 1.11. The lowest BCUT2D eigenvalue weighted by molar-refractivity contribution is -0.159. The first-order valence-corrected chi connectivity index (χ1v) is 8.70. The molecule has 2 amide bonds. The molecule has 4 aliphatic heterocycles. The molecule has 3 fully saturated rings. The van der Waals surface area contributed by atoms with Gasteiger partial charge in [-0.1, -0.05) is 6.07 Å². The molecule has 0 saturated carbocycles. The van der Waals surface area contributed by atoms with Gasteiger partial charge >= 0.3 is 0 Å². The number of benzene rings is 1. The van der Waals surface area contributed by atoms with Crippen molar-refractivity contribution in [1.29, 1.82) is 5.26 Å². The number of nitriles is 1. The third kappa shape index (κ3) is 1.46. The molecule has 1 spiro atoms. The van der Waals surface area contributed by atoms with Crippen LogP contribution in [-0.2, 0) is 9.59 Å². The molecule has 4 aliphatic rings. The highest BCUT2D eigenvalue weighted by Gasteiger charge is 2.77. The van der Waals surface area contributed by atoms with E-state index < -0.39 is 22.5 Å². The second kappa shape index (κ2) is 4.32. The second-order valence-electron chi connectivity index (χ2n) is 8.24. The molecule has 26 heavy (non-hydrogen) atoms. The number of fused-ring (bicyclic) bond motifs is 2. The Labute approximate surface area is 151 Å². The Hall–Kier alpha value is -2.75. The van der Waals surface area contributed by atoms with Gasteiger partial charge in [0.05, 0.1) is 17.5 Å². The average molecular weight is 353 g/mol. The third-order valence-electron chi connectivity index (χ3n) is 6.71. The maximum absolute atomic E-state index is 13.3. The Kier molecular flexibility index (Phi) is 2.57. The summed E-state index contributed by atoms with van der Waals surface area (Å²) in [6.45, 7) is 3.82. The summed E-state index contributed by atoms with van der Waals surface area (Å²) >= 11 is 0. The van der Waals surface area contributed by atoms with Crippen LogP contribution in [-0.4, -0.2) is 46.5 Å². The summed E-state index contributed by atoms with van der Waals surface area (Å²) in [4.78, 5) is 29.6. The lowest BCUT2D eigenvalue weighted by Gasteiger charge is -2.41. The SMILES string of the molecule is CN1C(=O)[C@@]23C[C@](C)(C#N)C(c4ccc5c(c4)OCO5)N2C(=O)[C@@]1(C)C3. The monoisotopic (exact) mass is 353 g/mol. The predicted octanol–water partition coefficient (Wildman–Crippen LogP) is 1.59. The van der Waals surface area contributed by atoms with E-state index in [9.17, 15) is 14.9 Å². The van der Waals surface area contributed by atoms with E-state index in [1.54, 1.807) is 22.9 Å². The van der Waals surface area contributed by atoms with E-state index >= 15 is 0 Å². The van der Waals surface area contributed by atoms with Crippen molar-refractivity contribution in [2.45, 2.75) is 43.8 Å². The first-order chi connectivity index (χ1) is 12.3. The van der Waals surface area contributed by atoms with Crippen molar-refractivity contribution in [2.75, 3.05) is 13.8 Å². The summed E-state index contributed by atoms with van der Waals surface area (Å²) in [6.07, 6.45) is 0.784. The van der Waals surface area contributed by atoms with Crippen molar-refractivity contribution in [3.8, 4) is 17.6 Å². The summed E-state index contributed by atoms with van der Waals surface area (Å²) in [7, 11) is 1.68. The smallest absolute Gasteiger partial charge is 0.249 e. The Morgan fingerprint density at radius 1 is 1.15 bits per heavy atom. The molecule has 0 aliphatic carbocycles. The van der Waals surface area contributed by atoms with E-state index in [0.29, 0.717) is 24.3 Å².